The van der Waals surface area contributed by atoms with Crippen molar-refractivity contribution in [3.63, 3.8) is 0 Å². The van der Waals surface area contributed by atoms with E-state index in [4.69, 9.17) is 10.5 Å². The van der Waals surface area contributed by atoms with Gasteiger partial charge in [-0.05, 0) is 37.1 Å². The Bertz CT molecular complexity index is 390. The van der Waals surface area contributed by atoms with Crippen LogP contribution in [0.2, 0.25) is 0 Å². The highest BCUT2D eigenvalue weighted by Gasteiger charge is 2.41. The number of hydrogen-bond donors (Lipinski definition) is 1. The maximum Gasteiger partial charge on any atom is 0.425 e. The maximum absolute atomic E-state index is 12.7. The van der Waals surface area contributed by atoms with Gasteiger partial charge in [0.1, 0.15) is 5.75 Å². The van der Waals surface area contributed by atoms with Crippen molar-refractivity contribution in [1.82, 2.24) is 0 Å². The molecular weight excluding hydrogens is 243 g/mol. The molecule has 0 aliphatic carbocycles. The summed E-state index contributed by atoms with van der Waals surface area (Å²) in [7, 11) is 0. The molecule has 0 saturated heterocycles. The molecule has 0 heterocycles. The van der Waals surface area contributed by atoms with E-state index in [9.17, 15) is 13.2 Å². The normalized spacial score (nSPS) is 13.4. The molecule has 0 spiro atoms. The van der Waals surface area contributed by atoms with E-state index < -0.39 is 12.3 Å². The lowest BCUT2D eigenvalue weighted by Gasteiger charge is -2.23. The molecule has 5 heteroatoms. The fraction of sp³-hybridized carbons (Fsp3) is 0.538. The summed E-state index contributed by atoms with van der Waals surface area (Å²) in [6.45, 7) is 3.69. The molecule has 0 amide bonds. The third kappa shape index (κ3) is 3.63. The van der Waals surface area contributed by atoms with Crippen LogP contribution in [0.3, 0.4) is 0 Å². The highest BCUT2D eigenvalue weighted by Crippen LogP contribution is 2.30. The molecule has 0 aliphatic rings. The first-order valence-electron chi connectivity index (χ1n) is 5.92. The van der Waals surface area contributed by atoms with Gasteiger partial charge >= 0.3 is 6.18 Å². The Kier molecular flexibility index (Phi) is 5.02. The largest absolute Gasteiger partial charge is 0.481 e. The summed E-state index contributed by atoms with van der Waals surface area (Å²) in [4.78, 5) is 0. The molecule has 0 aliphatic heterocycles. The first kappa shape index (κ1) is 14.8. The van der Waals surface area contributed by atoms with Crippen LogP contribution in [-0.4, -0.2) is 18.8 Å². The summed E-state index contributed by atoms with van der Waals surface area (Å²) in [6.07, 6.45) is -5.83. The van der Waals surface area contributed by atoms with E-state index in [-0.39, 0.29) is 13.0 Å². The molecule has 0 saturated carbocycles. The van der Waals surface area contributed by atoms with Gasteiger partial charge < -0.3 is 10.5 Å². The minimum atomic E-state index is -4.39. The SMILES string of the molecule is CCc1c(C)cccc1OC(CCN)C(F)(F)F. The van der Waals surface area contributed by atoms with E-state index in [1.54, 1.807) is 12.1 Å². The predicted molar refractivity (Wildman–Crippen MR) is 64.7 cm³/mol. The number of ether oxygens (including phenoxy) is 1. The van der Waals surface area contributed by atoms with E-state index in [0.29, 0.717) is 12.2 Å². The van der Waals surface area contributed by atoms with Gasteiger partial charge in [-0.3, -0.25) is 0 Å². The summed E-state index contributed by atoms with van der Waals surface area (Å²) < 4.78 is 43.4. The average Bonchev–Trinajstić information content (AvgIpc) is 2.27. The zero-order valence-electron chi connectivity index (χ0n) is 10.6. The van der Waals surface area contributed by atoms with Crippen molar-refractivity contribution in [2.24, 2.45) is 5.73 Å². The quantitative estimate of drug-likeness (QED) is 0.883. The summed E-state index contributed by atoms with van der Waals surface area (Å²) in [5.74, 6) is 0.299. The molecular formula is C13H18F3NO. The van der Waals surface area contributed by atoms with Gasteiger partial charge in [0.15, 0.2) is 6.10 Å². The number of benzene rings is 1. The molecule has 102 valence electrons. The highest BCUT2D eigenvalue weighted by molar-refractivity contribution is 5.39. The zero-order valence-corrected chi connectivity index (χ0v) is 10.6. The van der Waals surface area contributed by atoms with Gasteiger partial charge in [0.2, 0.25) is 0 Å². The van der Waals surface area contributed by atoms with Crippen LogP contribution >= 0.6 is 0 Å². The Balaban J connectivity index is 2.97. The fourth-order valence-corrected chi connectivity index (χ4v) is 1.83. The van der Waals surface area contributed by atoms with Crippen LogP contribution in [0.15, 0.2) is 18.2 Å². The molecule has 0 fully saturated rings. The monoisotopic (exact) mass is 261 g/mol. The molecule has 1 rings (SSSR count). The van der Waals surface area contributed by atoms with Crippen LogP contribution in [0.1, 0.15) is 24.5 Å². The van der Waals surface area contributed by atoms with E-state index in [2.05, 4.69) is 0 Å². The van der Waals surface area contributed by atoms with Crippen molar-refractivity contribution in [3.05, 3.63) is 29.3 Å². The van der Waals surface area contributed by atoms with E-state index in [0.717, 1.165) is 11.1 Å². The first-order chi connectivity index (χ1) is 8.40. The summed E-state index contributed by atoms with van der Waals surface area (Å²) in [5.41, 5.74) is 6.94. The van der Waals surface area contributed by atoms with Crippen molar-refractivity contribution in [3.8, 4) is 5.75 Å². The summed E-state index contributed by atoms with van der Waals surface area (Å²) in [6, 6.07) is 5.12. The molecule has 2 nitrogen and oxygen atoms in total. The number of hydrogen-bond acceptors (Lipinski definition) is 2. The third-order valence-corrected chi connectivity index (χ3v) is 2.78. The minimum absolute atomic E-state index is 0.0581. The molecule has 0 radical (unpaired) electrons. The van der Waals surface area contributed by atoms with Gasteiger partial charge in [0, 0.05) is 6.42 Å². The first-order valence-corrected chi connectivity index (χ1v) is 5.92. The second kappa shape index (κ2) is 6.09. The molecule has 1 atom stereocenters. The van der Waals surface area contributed by atoms with Gasteiger partial charge in [-0.15, -0.1) is 0 Å². The Morgan fingerprint density at radius 3 is 2.50 bits per heavy atom. The van der Waals surface area contributed by atoms with Crippen LogP contribution in [0.5, 0.6) is 5.75 Å². The number of rotatable bonds is 5. The lowest BCUT2D eigenvalue weighted by atomic mass is 10.1. The lowest BCUT2D eigenvalue weighted by molar-refractivity contribution is -0.196. The third-order valence-electron chi connectivity index (χ3n) is 2.78. The van der Waals surface area contributed by atoms with E-state index in [1.165, 1.54) is 0 Å². The van der Waals surface area contributed by atoms with Gasteiger partial charge in [-0.2, -0.15) is 13.2 Å². The molecule has 1 aromatic carbocycles. The van der Waals surface area contributed by atoms with Gasteiger partial charge in [0.25, 0.3) is 0 Å². The number of alkyl halides is 3. The highest BCUT2D eigenvalue weighted by atomic mass is 19.4. The Morgan fingerprint density at radius 2 is 2.00 bits per heavy atom. The molecule has 0 aromatic heterocycles. The van der Waals surface area contributed by atoms with Crippen LogP contribution in [0.4, 0.5) is 13.2 Å². The Hall–Kier alpha value is -1.23. The van der Waals surface area contributed by atoms with Crippen molar-refractivity contribution >= 4 is 0 Å². The van der Waals surface area contributed by atoms with Crippen LogP contribution < -0.4 is 10.5 Å². The molecule has 1 unspecified atom stereocenters. The van der Waals surface area contributed by atoms with E-state index in [1.807, 2.05) is 19.9 Å². The average molecular weight is 261 g/mol. The van der Waals surface area contributed by atoms with Crippen molar-refractivity contribution in [2.45, 2.75) is 39.0 Å². The van der Waals surface area contributed by atoms with Gasteiger partial charge in [-0.1, -0.05) is 19.1 Å². The summed E-state index contributed by atoms with van der Waals surface area (Å²) >= 11 is 0. The minimum Gasteiger partial charge on any atom is -0.481 e. The van der Waals surface area contributed by atoms with Crippen LogP contribution in [-0.2, 0) is 6.42 Å². The van der Waals surface area contributed by atoms with Gasteiger partial charge in [-0.25, -0.2) is 0 Å². The number of nitrogens with two attached hydrogens (primary N) is 1. The number of halogens is 3. The number of aryl methyl sites for hydroxylation is 1. The standard InChI is InChI=1S/C13H18F3NO/c1-3-10-9(2)5-4-6-11(10)18-12(7-8-17)13(14,15)16/h4-6,12H,3,7-8,17H2,1-2H3. The zero-order chi connectivity index (χ0) is 13.8. The van der Waals surface area contributed by atoms with Crippen molar-refractivity contribution < 1.29 is 17.9 Å². The molecule has 1 aromatic rings. The van der Waals surface area contributed by atoms with Crippen LogP contribution in [0, 0.1) is 6.92 Å². The van der Waals surface area contributed by atoms with Crippen molar-refractivity contribution in [2.75, 3.05) is 6.54 Å². The van der Waals surface area contributed by atoms with Crippen molar-refractivity contribution in [1.29, 1.82) is 0 Å². The fourth-order valence-electron chi connectivity index (χ4n) is 1.83. The topological polar surface area (TPSA) is 35.2 Å². The van der Waals surface area contributed by atoms with E-state index >= 15 is 0 Å². The second-order valence-corrected chi connectivity index (χ2v) is 4.13. The molecule has 2 N–H and O–H groups in total. The van der Waals surface area contributed by atoms with Crippen LogP contribution in [0.25, 0.3) is 0 Å². The maximum atomic E-state index is 12.7. The second-order valence-electron chi connectivity index (χ2n) is 4.13. The molecule has 0 bridgehead atoms. The Morgan fingerprint density at radius 1 is 1.33 bits per heavy atom. The predicted octanol–water partition coefficient (Wildman–Crippen LogP) is 3.22. The lowest BCUT2D eigenvalue weighted by Crippen LogP contribution is -2.36. The molecule has 18 heavy (non-hydrogen) atoms. The van der Waals surface area contributed by atoms with Gasteiger partial charge in [0.05, 0.1) is 0 Å². The summed E-state index contributed by atoms with van der Waals surface area (Å²) in [5, 5.41) is 0. The smallest absolute Gasteiger partial charge is 0.425 e. The Labute approximate surface area is 105 Å².